The molecule has 6 nitrogen and oxygen atoms in total. The number of nitriles is 1. The van der Waals surface area contributed by atoms with Crippen molar-refractivity contribution in [2.45, 2.75) is 13.5 Å². The van der Waals surface area contributed by atoms with E-state index in [0.29, 0.717) is 24.3 Å². The number of hydrogen-bond acceptors (Lipinski definition) is 5. The summed E-state index contributed by atoms with van der Waals surface area (Å²) in [4.78, 5) is 6.96. The van der Waals surface area contributed by atoms with Gasteiger partial charge in [-0.1, -0.05) is 18.2 Å². The molecule has 0 aliphatic heterocycles. The maximum Gasteiger partial charge on any atom is 0.157 e. The summed E-state index contributed by atoms with van der Waals surface area (Å²) in [5, 5.41) is 9.77. The third-order valence-electron chi connectivity index (χ3n) is 5.39. The second-order valence-corrected chi connectivity index (χ2v) is 7.28. The lowest BCUT2D eigenvalue weighted by molar-refractivity contribution is 0.398. The highest BCUT2D eigenvalue weighted by Crippen LogP contribution is 2.32. The van der Waals surface area contributed by atoms with Gasteiger partial charge in [-0.3, -0.25) is 4.40 Å². The molecule has 0 saturated carbocycles. The quantitative estimate of drug-likeness (QED) is 0.405. The van der Waals surface area contributed by atoms with Crippen molar-refractivity contribution in [2.24, 2.45) is 0 Å². The summed E-state index contributed by atoms with van der Waals surface area (Å²) in [7, 11) is 3.31. The number of methoxy groups -OCH3 is 2. The second kappa shape index (κ2) is 8.41. The fraction of sp³-hybridized carbons (Fsp3) is 0.200. The summed E-state index contributed by atoms with van der Waals surface area (Å²) in [5.74, 6) is 2.49. The van der Waals surface area contributed by atoms with Gasteiger partial charge in [-0.15, -0.1) is 6.58 Å². The Morgan fingerprint density at radius 3 is 2.68 bits per heavy atom. The van der Waals surface area contributed by atoms with Crippen molar-refractivity contribution in [3.05, 3.63) is 77.9 Å². The van der Waals surface area contributed by atoms with Gasteiger partial charge in [0, 0.05) is 18.7 Å². The maximum atomic E-state index is 9.77. The first-order valence-electron chi connectivity index (χ1n) is 9.99. The first-order chi connectivity index (χ1) is 15.1. The van der Waals surface area contributed by atoms with Crippen LogP contribution in [0.1, 0.15) is 16.7 Å². The summed E-state index contributed by atoms with van der Waals surface area (Å²) >= 11 is 0. The minimum Gasteiger partial charge on any atom is -0.497 e. The molecule has 2 heterocycles. The molecule has 31 heavy (non-hydrogen) atoms. The van der Waals surface area contributed by atoms with E-state index in [1.807, 2.05) is 61.5 Å². The minimum absolute atomic E-state index is 0.569. The van der Waals surface area contributed by atoms with Crippen LogP contribution >= 0.6 is 0 Å². The largest absolute Gasteiger partial charge is 0.497 e. The Hall–Kier alpha value is -3.98. The number of aryl methyl sites for hydroxylation is 1. The summed E-state index contributed by atoms with van der Waals surface area (Å²) in [6.07, 6.45) is 1.87. The van der Waals surface area contributed by atoms with Crippen molar-refractivity contribution in [3.63, 3.8) is 0 Å². The molecule has 0 N–H and O–H groups in total. The molecule has 0 saturated heterocycles. The lowest BCUT2D eigenvalue weighted by Crippen LogP contribution is -2.25. The monoisotopic (exact) mass is 412 g/mol. The fourth-order valence-electron chi connectivity index (χ4n) is 3.91. The van der Waals surface area contributed by atoms with Crippen LogP contribution in [-0.2, 0) is 6.54 Å². The van der Waals surface area contributed by atoms with Crippen LogP contribution in [0.2, 0.25) is 0 Å². The number of fused-ring (bicyclic) bond motifs is 3. The number of para-hydroxylation sites is 2. The van der Waals surface area contributed by atoms with Gasteiger partial charge in [0.25, 0.3) is 0 Å². The average Bonchev–Trinajstić information content (AvgIpc) is 3.17. The van der Waals surface area contributed by atoms with E-state index < -0.39 is 0 Å². The van der Waals surface area contributed by atoms with E-state index in [1.54, 1.807) is 14.2 Å². The predicted molar refractivity (Wildman–Crippen MR) is 123 cm³/mol. The zero-order chi connectivity index (χ0) is 22.0. The molecule has 6 heteroatoms. The normalized spacial score (nSPS) is 10.8. The van der Waals surface area contributed by atoms with E-state index in [-0.39, 0.29) is 0 Å². The van der Waals surface area contributed by atoms with Crippen molar-refractivity contribution in [2.75, 3.05) is 25.7 Å². The van der Waals surface area contributed by atoms with E-state index in [0.717, 1.165) is 39.5 Å². The number of ether oxygens (including phenoxy) is 2. The lowest BCUT2D eigenvalue weighted by Gasteiger charge is -2.26. The minimum atomic E-state index is 0.569. The third kappa shape index (κ3) is 3.55. The van der Waals surface area contributed by atoms with Gasteiger partial charge in [0.05, 0.1) is 30.8 Å². The van der Waals surface area contributed by atoms with Gasteiger partial charge in [-0.25, -0.2) is 4.98 Å². The van der Waals surface area contributed by atoms with Crippen LogP contribution in [0.25, 0.3) is 16.7 Å². The van der Waals surface area contributed by atoms with Gasteiger partial charge in [0.15, 0.2) is 5.65 Å². The number of rotatable bonds is 7. The number of hydrogen-bond donors (Lipinski definition) is 0. The molecule has 0 atom stereocenters. The Morgan fingerprint density at radius 2 is 1.97 bits per heavy atom. The van der Waals surface area contributed by atoms with Crippen LogP contribution < -0.4 is 14.4 Å². The van der Waals surface area contributed by atoms with E-state index in [4.69, 9.17) is 14.5 Å². The summed E-state index contributed by atoms with van der Waals surface area (Å²) < 4.78 is 13.1. The zero-order valence-electron chi connectivity index (χ0n) is 17.9. The van der Waals surface area contributed by atoms with Crippen LogP contribution in [0, 0.1) is 18.3 Å². The molecule has 4 aromatic rings. The average molecular weight is 412 g/mol. The molecule has 156 valence electrons. The van der Waals surface area contributed by atoms with Crippen LogP contribution in [0.3, 0.4) is 0 Å². The predicted octanol–water partition coefficient (Wildman–Crippen LogP) is 4.88. The molecule has 2 aromatic carbocycles. The summed E-state index contributed by atoms with van der Waals surface area (Å²) in [6, 6.07) is 18.1. The second-order valence-electron chi connectivity index (χ2n) is 7.28. The first kappa shape index (κ1) is 20.3. The Morgan fingerprint density at radius 1 is 1.16 bits per heavy atom. The van der Waals surface area contributed by atoms with Crippen LogP contribution in [-0.4, -0.2) is 30.1 Å². The highest BCUT2D eigenvalue weighted by Gasteiger charge is 2.20. The number of nitrogens with zero attached hydrogens (tertiary/aromatic N) is 4. The van der Waals surface area contributed by atoms with Crippen LogP contribution in [0.5, 0.6) is 11.5 Å². The Bertz CT molecular complexity index is 1320. The van der Waals surface area contributed by atoms with Gasteiger partial charge in [0.2, 0.25) is 0 Å². The van der Waals surface area contributed by atoms with E-state index in [9.17, 15) is 5.26 Å². The molecular weight excluding hydrogens is 388 g/mol. The Labute approximate surface area is 181 Å². The molecule has 0 aliphatic rings. The standard InChI is InChI=1S/C25H24N4O2/c1-5-12-28(16-18-14-19(30-3)10-11-23(18)31-4)24-13-17(2)20(15-26)25-27-21-8-6-7-9-22(21)29(24)25/h5-11,13-14H,1,12,16H2,2-4H3. The van der Waals surface area contributed by atoms with Gasteiger partial charge >= 0.3 is 0 Å². The van der Waals surface area contributed by atoms with Crippen LogP contribution in [0.15, 0.2) is 61.2 Å². The molecule has 0 unspecified atom stereocenters. The number of imidazole rings is 1. The number of benzene rings is 2. The SMILES string of the molecule is C=CCN(Cc1cc(OC)ccc1OC)c1cc(C)c(C#N)c2nc3ccccc3n12. The Kier molecular flexibility index (Phi) is 5.50. The first-order valence-corrected chi connectivity index (χ1v) is 9.99. The van der Waals surface area contributed by atoms with E-state index in [2.05, 4.69) is 21.9 Å². The molecule has 4 rings (SSSR count). The molecule has 2 aromatic heterocycles. The Balaban J connectivity index is 1.95. The van der Waals surface area contributed by atoms with Crippen molar-refractivity contribution in [1.29, 1.82) is 5.26 Å². The molecule has 0 amide bonds. The van der Waals surface area contributed by atoms with Crippen molar-refractivity contribution >= 4 is 22.5 Å². The third-order valence-corrected chi connectivity index (χ3v) is 5.39. The number of pyridine rings is 1. The van der Waals surface area contributed by atoms with Crippen molar-refractivity contribution in [1.82, 2.24) is 9.38 Å². The van der Waals surface area contributed by atoms with Gasteiger partial charge in [0.1, 0.15) is 23.4 Å². The molecule has 0 bridgehead atoms. The highest BCUT2D eigenvalue weighted by atomic mass is 16.5. The molecule has 0 spiro atoms. The summed E-state index contributed by atoms with van der Waals surface area (Å²) in [6.45, 7) is 7.07. The fourth-order valence-corrected chi connectivity index (χ4v) is 3.91. The number of anilines is 1. The van der Waals surface area contributed by atoms with Gasteiger partial charge < -0.3 is 14.4 Å². The van der Waals surface area contributed by atoms with Crippen LogP contribution in [0.4, 0.5) is 5.82 Å². The smallest absolute Gasteiger partial charge is 0.157 e. The van der Waals surface area contributed by atoms with Gasteiger partial charge in [-0.05, 0) is 48.9 Å². The molecule has 0 fully saturated rings. The lowest BCUT2D eigenvalue weighted by atomic mass is 10.1. The van der Waals surface area contributed by atoms with Gasteiger partial charge in [-0.2, -0.15) is 5.26 Å². The van der Waals surface area contributed by atoms with E-state index in [1.165, 1.54) is 0 Å². The van der Waals surface area contributed by atoms with Crippen molar-refractivity contribution in [3.8, 4) is 17.6 Å². The maximum absolute atomic E-state index is 9.77. The van der Waals surface area contributed by atoms with Crippen molar-refractivity contribution < 1.29 is 9.47 Å². The molecular formula is C25H24N4O2. The molecule has 0 aliphatic carbocycles. The summed E-state index contributed by atoms with van der Waals surface area (Å²) in [5.41, 5.74) is 4.91. The topological polar surface area (TPSA) is 62.8 Å². The highest BCUT2D eigenvalue weighted by molar-refractivity contribution is 5.85. The number of aromatic nitrogens is 2. The zero-order valence-corrected chi connectivity index (χ0v) is 17.9. The van der Waals surface area contributed by atoms with E-state index >= 15 is 0 Å². The molecule has 0 radical (unpaired) electrons.